The van der Waals surface area contributed by atoms with Crippen molar-refractivity contribution in [1.82, 2.24) is 20.1 Å². The number of carbonyl (C=O) groups is 1. The van der Waals surface area contributed by atoms with Crippen LogP contribution in [0.1, 0.15) is 101 Å². The summed E-state index contributed by atoms with van der Waals surface area (Å²) in [6, 6.07) is 0.254. The lowest BCUT2D eigenvalue weighted by molar-refractivity contribution is 0.0729. The molecule has 4 rings (SSSR count). The molecule has 0 aliphatic heterocycles. The van der Waals surface area contributed by atoms with Crippen LogP contribution in [0.5, 0.6) is 0 Å². The van der Waals surface area contributed by atoms with Crippen molar-refractivity contribution >= 4 is 23.4 Å². The van der Waals surface area contributed by atoms with Crippen molar-refractivity contribution in [2.24, 2.45) is 22.7 Å². The van der Waals surface area contributed by atoms with E-state index in [0.29, 0.717) is 29.0 Å². The summed E-state index contributed by atoms with van der Waals surface area (Å²) in [5.74, 6) is 2.69. The quantitative estimate of drug-likeness (QED) is 0.327. The lowest BCUT2D eigenvalue weighted by Crippen LogP contribution is -2.23. The van der Waals surface area contributed by atoms with E-state index in [4.69, 9.17) is 9.52 Å². The summed E-state index contributed by atoms with van der Waals surface area (Å²) < 4.78 is 7.46. The normalized spacial score (nSPS) is 20.8. The number of nitrogens with zero attached hydrogens (tertiary/aromatic N) is 4. The van der Waals surface area contributed by atoms with Gasteiger partial charge in [0.05, 0.1) is 11.7 Å². The predicted molar refractivity (Wildman–Crippen MR) is 150 cm³/mol. The van der Waals surface area contributed by atoms with Crippen LogP contribution in [0, 0.1) is 17.8 Å². The highest BCUT2D eigenvalue weighted by Crippen LogP contribution is 2.37. The van der Waals surface area contributed by atoms with Crippen molar-refractivity contribution in [3.8, 4) is 0 Å². The maximum Gasteiger partial charge on any atom is 0.277 e. The molecule has 2 aliphatic rings. The highest BCUT2D eigenvalue weighted by molar-refractivity contribution is 6.03. The van der Waals surface area contributed by atoms with E-state index in [-0.39, 0.29) is 11.7 Å². The van der Waals surface area contributed by atoms with Crippen LogP contribution in [0.4, 0.5) is 5.69 Å². The van der Waals surface area contributed by atoms with Gasteiger partial charge in [-0.15, -0.1) is 0 Å². The lowest BCUT2D eigenvalue weighted by Gasteiger charge is -2.31. The molecule has 38 heavy (non-hydrogen) atoms. The van der Waals surface area contributed by atoms with Crippen LogP contribution in [-0.4, -0.2) is 38.5 Å². The third-order valence-corrected chi connectivity index (χ3v) is 7.54. The minimum atomic E-state index is -1.21. The van der Waals surface area contributed by atoms with Crippen molar-refractivity contribution in [2.45, 2.75) is 84.8 Å². The van der Waals surface area contributed by atoms with Crippen LogP contribution in [0.25, 0.3) is 5.57 Å². The molecule has 2 fully saturated rings. The van der Waals surface area contributed by atoms with E-state index in [1.165, 1.54) is 19.1 Å². The third-order valence-electron chi connectivity index (χ3n) is 7.54. The number of rotatable bonds is 11. The fourth-order valence-electron chi connectivity index (χ4n) is 4.84. The zero-order valence-electron chi connectivity index (χ0n) is 23.3. The van der Waals surface area contributed by atoms with Gasteiger partial charge in [0.25, 0.3) is 5.91 Å². The molecule has 206 valence electrons. The second-order valence-corrected chi connectivity index (χ2v) is 11.6. The predicted octanol–water partition coefficient (Wildman–Crippen LogP) is 5.68. The Morgan fingerprint density at radius 1 is 1.29 bits per heavy atom. The molecule has 1 amide bonds. The second kappa shape index (κ2) is 11.7. The zero-order valence-corrected chi connectivity index (χ0v) is 23.3. The molecule has 2 aromatic heterocycles. The van der Waals surface area contributed by atoms with E-state index in [0.717, 1.165) is 49.6 Å². The SMILES string of the molecule is C=C(N=C/C=C(\C)c1nc(C(=O)Nc2cn(C3CCC(C(C)C)CC3)nc2C(C)(C)O)co1)NCC1CC1. The molecule has 9 heteroatoms. The van der Waals surface area contributed by atoms with E-state index in [2.05, 4.69) is 41.0 Å². The number of aliphatic imine (C=N–C) groups is 1. The summed E-state index contributed by atoms with van der Waals surface area (Å²) in [7, 11) is 0. The number of carbonyl (C=O) groups excluding carboxylic acids is 1. The Morgan fingerprint density at radius 3 is 2.63 bits per heavy atom. The average molecular weight is 523 g/mol. The molecule has 2 heterocycles. The number of aromatic nitrogens is 3. The Hall–Kier alpha value is -3.20. The number of anilines is 1. The Morgan fingerprint density at radius 2 is 2.00 bits per heavy atom. The van der Waals surface area contributed by atoms with Gasteiger partial charge in [-0.2, -0.15) is 5.10 Å². The standard InChI is InChI=1S/C29H42N6O3/c1-18(2)22-9-11-23(12-10-22)35-16-24(26(34-35)29(5,6)37)32-27(36)25-17-38-28(33-25)19(3)13-14-30-20(4)31-15-21-7-8-21/h13-14,16-18,21-23,31,37H,4,7-12,15H2,1-3,5-6H3,(H,32,36)/b19-13+,30-14?. The van der Waals surface area contributed by atoms with Gasteiger partial charge < -0.3 is 20.2 Å². The fourth-order valence-corrected chi connectivity index (χ4v) is 4.84. The lowest BCUT2D eigenvalue weighted by atomic mass is 9.80. The van der Waals surface area contributed by atoms with Crippen LogP contribution in [-0.2, 0) is 5.60 Å². The van der Waals surface area contributed by atoms with Gasteiger partial charge in [-0.05, 0) is 83.1 Å². The Labute approximate surface area is 225 Å². The summed E-state index contributed by atoms with van der Waals surface area (Å²) in [6.07, 6.45) is 13.5. The molecule has 0 unspecified atom stereocenters. The summed E-state index contributed by atoms with van der Waals surface area (Å²) >= 11 is 0. The van der Waals surface area contributed by atoms with Crippen molar-refractivity contribution in [3.05, 3.63) is 48.2 Å². The fraction of sp³-hybridized carbons (Fsp3) is 0.586. The first-order valence-electron chi connectivity index (χ1n) is 13.7. The number of nitrogens with one attached hydrogen (secondary N) is 2. The van der Waals surface area contributed by atoms with E-state index >= 15 is 0 Å². The minimum Gasteiger partial charge on any atom is -0.444 e. The average Bonchev–Trinajstić information content (AvgIpc) is 3.37. The molecule has 0 saturated heterocycles. The first-order chi connectivity index (χ1) is 18.0. The van der Waals surface area contributed by atoms with Crippen LogP contribution < -0.4 is 10.6 Å². The molecular formula is C29H42N6O3. The van der Waals surface area contributed by atoms with E-state index < -0.39 is 11.5 Å². The van der Waals surface area contributed by atoms with Gasteiger partial charge in [-0.25, -0.2) is 9.98 Å². The topological polar surface area (TPSA) is 118 Å². The second-order valence-electron chi connectivity index (χ2n) is 11.6. The van der Waals surface area contributed by atoms with Gasteiger partial charge in [-0.1, -0.05) is 20.4 Å². The molecule has 0 radical (unpaired) electrons. The van der Waals surface area contributed by atoms with Crippen molar-refractivity contribution in [1.29, 1.82) is 0 Å². The van der Waals surface area contributed by atoms with Crippen molar-refractivity contribution in [2.75, 3.05) is 11.9 Å². The number of allylic oxidation sites excluding steroid dienone is 2. The maximum absolute atomic E-state index is 13.1. The monoisotopic (exact) mass is 522 g/mol. The van der Waals surface area contributed by atoms with Crippen LogP contribution >= 0.6 is 0 Å². The summed E-state index contributed by atoms with van der Waals surface area (Å²) in [5, 5.41) is 21.5. The number of hydrogen-bond donors (Lipinski definition) is 3. The Kier molecular flexibility index (Phi) is 8.55. The first-order valence-corrected chi connectivity index (χ1v) is 13.7. The summed E-state index contributed by atoms with van der Waals surface area (Å²) in [6.45, 7) is 14.6. The summed E-state index contributed by atoms with van der Waals surface area (Å²) in [4.78, 5) is 21.7. The number of aliphatic hydroxyl groups is 1. The van der Waals surface area contributed by atoms with E-state index in [1.807, 2.05) is 17.8 Å². The van der Waals surface area contributed by atoms with Gasteiger partial charge in [-0.3, -0.25) is 9.48 Å². The third kappa shape index (κ3) is 7.22. The van der Waals surface area contributed by atoms with Crippen LogP contribution in [0.15, 0.2) is 40.3 Å². The molecule has 0 spiro atoms. The number of oxazole rings is 1. The van der Waals surface area contributed by atoms with Gasteiger partial charge in [0.1, 0.15) is 23.4 Å². The van der Waals surface area contributed by atoms with Gasteiger partial charge >= 0.3 is 0 Å². The van der Waals surface area contributed by atoms with E-state index in [9.17, 15) is 9.90 Å². The molecule has 0 aromatic carbocycles. The highest BCUT2D eigenvalue weighted by Gasteiger charge is 2.30. The van der Waals surface area contributed by atoms with Gasteiger partial charge in [0.2, 0.25) is 5.89 Å². The molecule has 2 saturated carbocycles. The Balaban J connectivity index is 1.41. The molecule has 0 atom stereocenters. The van der Waals surface area contributed by atoms with E-state index in [1.54, 1.807) is 26.1 Å². The van der Waals surface area contributed by atoms with Gasteiger partial charge in [0, 0.05) is 24.5 Å². The smallest absolute Gasteiger partial charge is 0.277 e. The van der Waals surface area contributed by atoms with Gasteiger partial charge in [0.15, 0.2) is 5.69 Å². The molecule has 0 bridgehead atoms. The Bertz CT molecular complexity index is 1190. The molecular weight excluding hydrogens is 480 g/mol. The minimum absolute atomic E-state index is 0.145. The molecule has 2 aliphatic carbocycles. The molecule has 3 N–H and O–H groups in total. The van der Waals surface area contributed by atoms with Crippen molar-refractivity contribution in [3.63, 3.8) is 0 Å². The first kappa shape index (κ1) is 27.8. The number of hydrogen-bond acceptors (Lipinski definition) is 7. The highest BCUT2D eigenvalue weighted by atomic mass is 16.3. The van der Waals surface area contributed by atoms with Crippen molar-refractivity contribution < 1.29 is 14.3 Å². The maximum atomic E-state index is 13.1. The zero-order chi connectivity index (χ0) is 27.4. The number of amides is 1. The largest absolute Gasteiger partial charge is 0.444 e. The van der Waals surface area contributed by atoms with Crippen LogP contribution in [0.2, 0.25) is 0 Å². The molecule has 2 aromatic rings. The van der Waals surface area contributed by atoms with Crippen LogP contribution in [0.3, 0.4) is 0 Å². The molecule has 9 nitrogen and oxygen atoms in total. The summed E-state index contributed by atoms with van der Waals surface area (Å²) in [5.41, 5.74) is 0.573.